The quantitative estimate of drug-likeness (QED) is 0.347. The average Bonchev–Trinajstić information content (AvgIpc) is 2.25. The monoisotopic (exact) mass is 274 g/mol. The number of hydrogen-bond donors (Lipinski definition) is 3. The van der Waals surface area contributed by atoms with Crippen LogP contribution >= 0.6 is 0 Å². The molecule has 0 saturated carbocycles. The standard InChI is InChI=1S/C8H6N2O7S/c9-10-3-1-4(7(11)12)6(18(15,16)17)5(2-3)8(13)14/h1H,2H2,(H,11,12)(H,13,14)(H,15,16,17). The van der Waals surface area contributed by atoms with Crippen LogP contribution in [0.5, 0.6) is 0 Å². The summed E-state index contributed by atoms with van der Waals surface area (Å²) < 4.78 is 31.0. The van der Waals surface area contributed by atoms with Gasteiger partial charge >= 0.3 is 11.9 Å². The van der Waals surface area contributed by atoms with Crippen LogP contribution in [0.2, 0.25) is 0 Å². The Morgan fingerprint density at radius 2 is 1.83 bits per heavy atom. The predicted octanol–water partition coefficient (Wildman–Crippen LogP) is -0.702. The molecule has 10 heteroatoms. The molecule has 18 heavy (non-hydrogen) atoms. The summed E-state index contributed by atoms with van der Waals surface area (Å²) in [5, 5.41) is 17.6. The van der Waals surface area contributed by atoms with Gasteiger partial charge < -0.3 is 15.7 Å². The Kier molecular flexibility index (Phi) is 3.47. The van der Waals surface area contributed by atoms with Gasteiger partial charge in [0, 0.05) is 6.08 Å². The van der Waals surface area contributed by atoms with Crippen LogP contribution in [0.3, 0.4) is 0 Å². The SMILES string of the molecule is [N-]=[N+]=C1C=C(C(=O)O)C(S(=O)(=O)O)=C(C(=O)O)C1. The van der Waals surface area contributed by atoms with Crippen LogP contribution in [0, 0.1) is 0 Å². The Hall–Kier alpha value is -2.29. The minimum Gasteiger partial charge on any atom is -0.478 e. The zero-order valence-electron chi connectivity index (χ0n) is 8.56. The molecule has 0 aromatic heterocycles. The number of nitrogens with zero attached hydrogens (tertiary/aromatic N) is 2. The first-order valence-electron chi connectivity index (χ1n) is 4.28. The highest BCUT2D eigenvalue weighted by atomic mass is 32.2. The molecular weight excluding hydrogens is 268 g/mol. The van der Waals surface area contributed by atoms with E-state index in [-0.39, 0.29) is 5.71 Å². The van der Waals surface area contributed by atoms with Gasteiger partial charge in [0.05, 0.1) is 17.6 Å². The van der Waals surface area contributed by atoms with E-state index < -0.39 is 44.5 Å². The summed E-state index contributed by atoms with van der Waals surface area (Å²) in [7, 11) is -5.03. The number of rotatable bonds is 3. The third-order valence-electron chi connectivity index (χ3n) is 2.06. The van der Waals surface area contributed by atoms with Gasteiger partial charge in [0.1, 0.15) is 4.91 Å². The highest BCUT2D eigenvalue weighted by Crippen LogP contribution is 2.28. The second-order valence-electron chi connectivity index (χ2n) is 3.22. The molecule has 0 unspecified atom stereocenters. The second-order valence-corrected chi connectivity index (χ2v) is 4.58. The molecule has 0 spiro atoms. The van der Waals surface area contributed by atoms with Crippen molar-refractivity contribution in [2.45, 2.75) is 6.42 Å². The maximum Gasteiger partial charge on any atom is 0.337 e. The Morgan fingerprint density at radius 1 is 1.28 bits per heavy atom. The first-order chi connectivity index (χ1) is 8.18. The van der Waals surface area contributed by atoms with Gasteiger partial charge in [-0.15, -0.1) is 0 Å². The van der Waals surface area contributed by atoms with Crippen molar-refractivity contribution in [1.29, 1.82) is 0 Å². The molecule has 0 amide bonds. The van der Waals surface area contributed by atoms with Crippen LogP contribution in [0.1, 0.15) is 6.42 Å². The van der Waals surface area contributed by atoms with E-state index in [0.29, 0.717) is 6.08 Å². The molecule has 0 aromatic carbocycles. The lowest BCUT2D eigenvalue weighted by atomic mass is 9.97. The average molecular weight is 274 g/mol. The zero-order chi connectivity index (χ0) is 14.1. The maximum absolute atomic E-state index is 11.0. The number of carboxylic acids is 2. The molecule has 0 bridgehead atoms. The van der Waals surface area contributed by atoms with Crippen molar-refractivity contribution in [1.82, 2.24) is 0 Å². The van der Waals surface area contributed by atoms with Crippen molar-refractivity contribution in [3.63, 3.8) is 0 Å². The molecule has 9 nitrogen and oxygen atoms in total. The van der Waals surface area contributed by atoms with Gasteiger partial charge in [-0.25, -0.2) is 9.59 Å². The van der Waals surface area contributed by atoms with Crippen molar-refractivity contribution in [3.05, 3.63) is 27.7 Å². The van der Waals surface area contributed by atoms with E-state index in [9.17, 15) is 18.0 Å². The minimum absolute atomic E-state index is 0.350. The topological polar surface area (TPSA) is 165 Å². The summed E-state index contributed by atoms with van der Waals surface area (Å²) >= 11 is 0. The molecule has 96 valence electrons. The number of hydrogen-bond acceptors (Lipinski definition) is 4. The fraction of sp³-hybridized carbons (Fsp3) is 0.125. The van der Waals surface area contributed by atoms with Gasteiger partial charge in [0.15, 0.2) is 0 Å². The highest BCUT2D eigenvalue weighted by molar-refractivity contribution is 7.90. The van der Waals surface area contributed by atoms with Crippen LogP contribution in [0.25, 0.3) is 5.53 Å². The summed E-state index contributed by atoms with van der Waals surface area (Å²) in [4.78, 5) is 23.1. The normalized spacial score (nSPS) is 16.1. The summed E-state index contributed by atoms with van der Waals surface area (Å²) in [5.74, 6) is -3.52. The molecule has 0 heterocycles. The Labute approximate surface area is 100 Å². The first kappa shape index (κ1) is 13.8. The number of carboxylic acid groups (broad SMARTS) is 2. The maximum atomic E-state index is 11.0. The third-order valence-corrected chi connectivity index (χ3v) is 3.04. The number of allylic oxidation sites excluding steroid dienone is 1. The van der Waals surface area contributed by atoms with E-state index in [0.717, 1.165) is 0 Å². The van der Waals surface area contributed by atoms with Crippen LogP contribution < -0.4 is 0 Å². The lowest BCUT2D eigenvalue weighted by molar-refractivity contribution is -0.132. The highest BCUT2D eigenvalue weighted by Gasteiger charge is 2.37. The van der Waals surface area contributed by atoms with E-state index in [1.54, 1.807) is 0 Å². The number of aliphatic carboxylic acids is 2. The summed E-state index contributed by atoms with van der Waals surface area (Å²) in [6.07, 6.45) is 0.0373. The van der Waals surface area contributed by atoms with Crippen LogP contribution in [0.15, 0.2) is 22.1 Å². The Morgan fingerprint density at radius 3 is 2.17 bits per heavy atom. The van der Waals surface area contributed by atoms with Gasteiger partial charge in [0.2, 0.25) is 0 Å². The Balaban J connectivity index is 3.72. The third kappa shape index (κ3) is 2.51. The molecule has 1 rings (SSSR count). The van der Waals surface area contributed by atoms with Gasteiger partial charge in [0.25, 0.3) is 15.8 Å². The van der Waals surface area contributed by atoms with Crippen LogP contribution in [0.4, 0.5) is 0 Å². The largest absolute Gasteiger partial charge is 0.478 e. The molecule has 1 aliphatic rings. The number of carbonyl (C=O) groups is 2. The van der Waals surface area contributed by atoms with Crippen molar-refractivity contribution in [2.75, 3.05) is 0 Å². The molecule has 3 N–H and O–H groups in total. The van der Waals surface area contributed by atoms with Gasteiger partial charge in [-0.05, 0) is 0 Å². The zero-order valence-corrected chi connectivity index (χ0v) is 9.38. The smallest absolute Gasteiger partial charge is 0.337 e. The van der Waals surface area contributed by atoms with Gasteiger partial charge in [-0.2, -0.15) is 13.2 Å². The summed E-state index contributed by atoms with van der Waals surface area (Å²) in [5.41, 5.74) is 6.29. The molecule has 0 fully saturated rings. The van der Waals surface area contributed by atoms with E-state index >= 15 is 0 Å². The predicted molar refractivity (Wildman–Crippen MR) is 55.2 cm³/mol. The van der Waals surface area contributed by atoms with Crippen molar-refractivity contribution in [3.8, 4) is 0 Å². The molecule has 1 aliphatic carbocycles. The lowest BCUT2D eigenvalue weighted by Gasteiger charge is -2.12. The van der Waals surface area contributed by atoms with Gasteiger partial charge in [-0.3, -0.25) is 4.55 Å². The molecule has 0 radical (unpaired) electrons. The van der Waals surface area contributed by atoms with E-state index in [1.165, 1.54) is 0 Å². The van der Waals surface area contributed by atoms with Crippen LogP contribution in [-0.4, -0.2) is 45.6 Å². The fourth-order valence-corrected chi connectivity index (χ4v) is 2.29. The summed E-state index contributed by atoms with van der Waals surface area (Å²) in [6, 6.07) is 0. The molecule has 0 saturated heterocycles. The van der Waals surface area contributed by atoms with E-state index in [4.69, 9.17) is 20.3 Å². The fourth-order valence-electron chi connectivity index (χ4n) is 1.40. The summed E-state index contributed by atoms with van der Waals surface area (Å²) in [6.45, 7) is 0. The van der Waals surface area contributed by atoms with Crippen molar-refractivity contribution < 1.29 is 37.6 Å². The molecule has 0 aromatic rings. The minimum atomic E-state index is -5.03. The first-order valence-corrected chi connectivity index (χ1v) is 5.72. The van der Waals surface area contributed by atoms with E-state index in [2.05, 4.69) is 4.79 Å². The van der Waals surface area contributed by atoms with Gasteiger partial charge in [-0.1, -0.05) is 0 Å². The molecule has 0 aliphatic heterocycles. The van der Waals surface area contributed by atoms with Crippen LogP contribution in [-0.2, 0) is 19.7 Å². The lowest BCUT2D eigenvalue weighted by Crippen LogP contribution is -2.24. The van der Waals surface area contributed by atoms with Crippen molar-refractivity contribution >= 4 is 27.8 Å². The Bertz CT molecular complexity index is 649. The van der Waals surface area contributed by atoms with E-state index in [1.807, 2.05) is 0 Å². The molecule has 0 atom stereocenters. The molecular formula is C8H6N2O7S. The van der Waals surface area contributed by atoms with Crippen molar-refractivity contribution in [2.24, 2.45) is 0 Å². The second kappa shape index (κ2) is 4.53.